The van der Waals surface area contributed by atoms with E-state index in [1.807, 2.05) is 0 Å². The molecular formula is C18H21N5O3S. The normalized spacial score (nSPS) is 17.2. The van der Waals surface area contributed by atoms with Gasteiger partial charge in [0.15, 0.2) is 11.6 Å². The Labute approximate surface area is 158 Å². The number of fused-ring (bicyclic) bond motifs is 1. The van der Waals surface area contributed by atoms with Gasteiger partial charge in [-0.15, -0.1) is 10.2 Å². The van der Waals surface area contributed by atoms with Crippen molar-refractivity contribution in [3.63, 3.8) is 0 Å². The van der Waals surface area contributed by atoms with Gasteiger partial charge in [-0.2, -0.15) is 0 Å². The van der Waals surface area contributed by atoms with E-state index in [9.17, 15) is 13.2 Å². The molecule has 1 aromatic carbocycles. The first kappa shape index (κ1) is 17.7. The first-order valence-corrected chi connectivity index (χ1v) is 10.5. The molecule has 0 atom stereocenters. The van der Waals surface area contributed by atoms with Crippen LogP contribution in [0, 0.1) is 0 Å². The third-order valence-corrected chi connectivity index (χ3v) is 6.18. The number of carbonyl (C=O) groups excluding carboxylic acids is 1. The van der Waals surface area contributed by atoms with Gasteiger partial charge in [0.2, 0.25) is 5.91 Å². The summed E-state index contributed by atoms with van der Waals surface area (Å²) in [5, 5.41) is 10.9. The Bertz CT molecular complexity index is 951. The molecule has 0 saturated carbocycles. The van der Waals surface area contributed by atoms with Gasteiger partial charge in [0.05, 0.1) is 11.3 Å². The third kappa shape index (κ3) is 3.87. The van der Waals surface area contributed by atoms with Crippen LogP contribution in [-0.2, 0) is 21.2 Å². The van der Waals surface area contributed by atoms with Crippen LogP contribution in [0.15, 0.2) is 35.2 Å². The van der Waals surface area contributed by atoms with Gasteiger partial charge in [-0.25, -0.2) is 8.42 Å². The highest BCUT2D eigenvalue weighted by atomic mass is 32.2. The highest BCUT2D eigenvalue weighted by Crippen LogP contribution is 2.26. The predicted molar refractivity (Wildman–Crippen MR) is 102 cm³/mol. The second-order valence-electron chi connectivity index (χ2n) is 6.83. The van der Waals surface area contributed by atoms with E-state index in [1.165, 1.54) is 25.0 Å². The minimum atomic E-state index is -3.80. The van der Waals surface area contributed by atoms with E-state index in [1.54, 1.807) is 18.2 Å². The van der Waals surface area contributed by atoms with Crippen molar-refractivity contribution in [2.24, 2.45) is 0 Å². The average Bonchev–Trinajstić information content (AvgIpc) is 2.83. The van der Waals surface area contributed by atoms with Crippen molar-refractivity contribution >= 4 is 33.3 Å². The molecule has 27 heavy (non-hydrogen) atoms. The topological polar surface area (TPSA) is 104 Å². The summed E-state index contributed by atoms with van der Waals surface area (Å²) < 4.78 is 27.7. The summed E-state index contributed by atoms with van der Waals surface area (Å²) in [7, 11) is -3.80. The van der Waals surface area contributed by atoms with Crippen molar-refractivity contribution in [3.8, 4) is 0 Å². The van der Waals surface area contributed by atoms with Crippen LogP contribution < -0.4 is 14.9 Å². The highest BCUT2D eigenvalue weighted by molar-refractivity contribution is 7.92. The maximum absolute atomic E-state index is 12.6. The van der Waals surface area contributed by atoms with Gasteiger partial charge >= 0.3 is 0 Å². The van der Waals surface area contributed by atoms with Crippen molar-refractivity contribution in [1.82, 2.24) is 10.2 Å². The Morgan fingerprint density at radius 3 is 2.48 bits per heavy atom. The number of hydrogen-bond acceptors (Lipinski definition) is 6. The van der Waals surface area contributed by atoms with E-state index in [0.717, 1.165) is 31.7 Å². The smallest absolute Gasteiger partial charge is 0.263 e. The monoisotopic (exact) mass is 387 g/mol. The lowest BCUT2D eigenvalue weighted by molar-refractivity contribution is -0.115. The Morgan fingerprint density at radius 1 is 1.00 bits per heavy atom. The van der Waals surface area contributed by atoms with Gasteiger partial charge in [-0.05, 0) is 48.7 Å². The molecule has 2 aliphatic heterocycles. The number of sulfonamides is 1. The van der Waals surface area contributed by atoms with Gasteiger partial charge in [-0.1, -0.05) is 12.8 Å². The van der Waals surface area contributed by atoms with Crippen molar-refractivity contribution in [1.29, 1.82) is 0 Å². The van der Waals surface area contributed by atoms with Gasteiger partial charge in [0, 0.05) is 18.8 Å². The van der Waals surface area contributed by atoms with E-state index in [4.69, 9.17) is 0 Å². The average molecular weight is 387 g/mol. The standard InChI is InChI=1S/C18H21N5O3S/c24-18-12-13-11-14(5-6-15(13)19-18)27(25,26)22-16-7-8-17(21-20-16)23-9-3-1-2-4-10-23/h5-8,11H,1-4,9-10,12H2,(H,19,24)(H,20,22). The second-order valence-corrected chi connectivity index (χ2v) is 8.51. The molecule has 0 bridgehead atoms. The fourth-order valence-electron chi connectivity index (χ4n) is 3.42. The first-order chi connectivity index (χ1) is 13.0. The minimum absolute atomic E-state index is 0.0937. The first-order valence-electron chi connectivity index (χ1n) is 9.05. The molecule has 0 spiro atoms. The fraction of sp³-hybridized carbons (Fsp3) is 0.389. The molecule has 9 heteroatoms. The molecule has 1 fully saturated rings. The zero-order valence-corrected chi connectivity index (χ0v) is 15.6. The maximum Gasteiger partial charge on any atom is 0.263 e. The van der Waals surface area contributed by atoms with Crippen LogP contribution in [0.25, 0.3) is 0 Å². The summed E-state index contributed by atoms with van der Waals surface area (Å²) in [6.45, 7) is 1.89. The zero-order valence-electron chi connectivity index (χ0n) is 14.8. The summed E-state index contributed by atoms with van der Waals surface area (Å²) in [6, 6.07) is 7.99. The molecule has 1 aromatic heterocycles. The quantitative estimate of drug-likeness (QED) is 0.833. The lowest BCUT2D eigenvalue weighted by Crippen LogP contribution is -2.25. The largest absolute Gasteiger partial charge is 0.355 e. The van der Waals surface area contributed by atoms with E-state index < -0.39 is 10.0 Å². The molecule has 3 heterocycles. The van der Waals surface area contributed by atoms with Crippen LogP contribution in [0.1, 0.15) is 31.2 Å². The van der Waals surface area contributed by atoms with Crippen LogP contribution in [0.2, 0.25) is 0 Å². The maximum atomic E-state index is 12.6. The number of rotatable bonds is 4. The predicted octanol–water partition coefficient (Wildman–Crippen LogP) is 2.15. The Morgan fingerprint density at radius 2 is 1.78 bits per heavy atom. The molecule has 2 aromatic rings. The summed E-state index contributed by atoms with van der Waals surface area (Å²) in [4.78, 5) is 13.7. The van der Waals surface area contributed by atoms with E-state index in [-0.39, 0.29) is 23.0 Å². The molecule has 2 N–H and O–H groups in total. The molecular weight excluding hydrogens is 366 g/mol. The van der Waals surface area contributed by atoms with Crippen LogP contribution in [0.3, 0.4) is 0 Å². The minimum Gasteiger partial charge on any atom is -0.355 e. The number of anilines is 3. The van der Waals surface area contributed by atoms with Gasteiger partial charge in [0.1, 0.15) is 0 Å². The Kier molecular flexibility index (Phi) is 4.69. The second kappa shape index (κ2) is 7.15. The molecule has 1 saturated heterocycles. The Balaban J connectivity index is 1.49. The zero-order chi connectivity index (χ0) is 18.9. The fourth-order valence-corrected chi connectivity index (χ4v) is 4.46. The van der Waals surface area contributed by atoms with Crippen molar-refractivity contribution in [3.05, 3.63) is 35.9 Å². The van der Waals surface area contributed by atoms with E-state index in [2.05, 4.69) is 25.1 Å². The van der Waals surface area contributed by atoms with Crippen LogP contribution in [0.4, 0.5) is 17.3 Å². The summed E-state index contributed by atoms with van der Waals surface area (Å²) in [6.07, 6.45) is 4.90. The van der Waals surface area contributed by atoms with Crippen molar-refractivity contribution in [2.45, 2.75) is 37.0 Å². The van der Waals surface area contributed by atoms with Crippen molar-refractivity contribution in [2.75, 3.05) is 28.0 Å². The summed E-state index contributed by atoms with van der Waals surface area (Å²) in [5.41, 5.74) is 1.33. The number of nitrogens with zero attached hydrogens (tertiary/aromatic N) is 3. The molecule has 8 nitrogen and oxygen atoms in total. The lowest BCUT2D eigenvalue weighted by atomic mass is 10.2. The molecule has 142 valence electrons. The molecule has 1 amide bonds. The van der Waals surface area contributed by atoms with Gasteiger partial charge in [-0.3, -0.25) is 9.52 Å². The molecule has 2 aliphatic rings. The highest BCUT2D eigenvalue weighted by Gasteiger charge is 2.22. The summed E-state index contributed by atoms with van der Waals surface area (Å²) in [5.74, 6) is 0.799. The van der Waals surface area contributed by atoms with Crippen LogP contribution in [0.5, 0.6) is 0 Å². The summed E-state index contributed by atoms with van der Waals surface area (Å²) >= 11 is 0. The van der Waals surface area contributed by atoms with E-state index >= 15 is 0 Å². The molecule has 4 rings (SSSR count). The molecule has 0 radical (unpaired) electrons. The van der Waals surface area contributed by atoms with Crippen LogP contribution in [-0.4, -0.2) is 37.6 Å². The van der Waals surface area contributed by atoms with Gasteiger partial charge < -0.3 is 10.2 Å². The molecule has 0 unspecified atom stereocenters. The number of nitrogens with one attached hydrogen (secondary N) is 2. The third-order valence-electron chi connectivity index (χ3n) is 4.83. The van der Waals surface area contributed by atoms with Gasteiger partial charge in [0.25, 0.3) is 10.0 Å². The lowest BCUT2D eigenvalue weighted by Gasteiger charge is -2.20. The van der Waals surface area contributed by atoms with Crippen LogP contribution >= 0.6 is 0 Å². The number of hydrogen-bond donors (Lipinski definition) is 2. The number of amides is 1. The van der Waals surface area contributed by atoms with E-state index in [0.29, 0.717) is 11.3 Å². The SMILES string of the molecule is O=C1Cc2cc(S(=O)(=O)Nc3ccc(N4CCCCCC4)nn3)ccc2N1. The number of aromatic nitrogens is 2. The number of carbonyl (C=O) groups is 1. The Hall–Kier alpha value is -2.68. The van der Waals surface area contributed by atoms with Crippen molar-refractivity contribution < 1.29 is 13.2 Å². The number of benzene rings is 1. The molecule has 0 aliphatic carbocycles.